The third kappa shape index (κ3) is 4.05. The van der Waals surface area contributed by atoms with E-state index in [0.29, 0.717) is 24.6 Å². The number of nitrogens with zero attached hydrogens (tertiary/aromatic N) is 2. The van der Waals surface area contributed by atoms with Crippen LogP contribution in [0, 0.1) is 5.92 Å². The van der Waals surface area contributed by atoms with Crippen molar-refractivity contribution in [2.75, 3.05) is 13.1 Å². The molecule has 0 aliphatic heterocycles. The molecule has 0 radical (unpaired) electrons. The summed E-state index contributed by atoms with van der Waals surface area (Å²) in [6.07, 6.45) is 3.65. The number of pyridine rings is 1. The maximum absolute atomic E-state index is 12.3. The molecule has 0 spiro atoms. The molecule has 0 aliphatic rings. The molecule has 1 aromatic rings. The summed E-state index contributed by atoms with van der Waals surface area (Å²) in [5.74, 6) is -0.829. The van der Waals surface area contributed by atoms with Crippen LogP contribution < -0.4 is 0 Å². The van der Waals surface area contributed by atoms with Gasteiger partial charge in [-0.2, -0.15) is 0 Å². The Kier molecular flexibility index (Phi) is 5.48. The molecule has 0 saturated heterocycles. The first-order valence-corrected chi connectivity index (χ1v) is 6.47. The number of carbonyl (C=O) groups excluding carboxylic acids is 1. The molecular weight excluding hydrogens is 244 g/mol. The minimum atomic E-state index is -1.08. The Hall–Kier alpha value is -1.91. The zero-order chi connectivity index (χ0) is 14.4. The first-order chi connectivity index (χ1) is 8.99. The van der Waals surface area contributed by atoms with E-state index in [1.165, 1.54) is 18.5 Å². The zero-order valence-electron chi connectivity index (χ0n) is 11.6. The zero-order valence-corrected chi connectivity index (χ0v) is 11.6. The molecule has 19 heavy (non-hydrogen) atoms. The number of aromatic carboxylic acids is 1. The normalized spacial score (nSPS) is 11.9. The van der Waals surface area contributed by atoms with Crippen molar-refractivity contribution in [2.45, 2.75) is 27.2 Å². The average molecular weight is 264 g/mol. The number of carboxylic acid groups (broad SMARTS) is 1. The molecule has 0 bridgehead atoms. The summed E-state index contributed by atoms with van der Waals surface area (Å²) in [5.41, 5.74) is 0.357. The van der Waals surface area contributed by atoms with Gasteiger partial charge in [0.15, 0.2) is 0 Å². The lowest BCUT2D eigenvalue weighted by Crippen LogP contribution is -2.34. The summed E-state index contributed by atoms with van der Waals surface area (Å²) in [6.45, 7) is 7.34. The Morgan fingerprint density at radius 2 is 1.95 bits per heavy atom. The molecule has 1 amide bonds. The van der Waals surface area contributed by atoms with Gasteiger partial charge in [-0.1, -0.05) is 20.3 Å². The number of carboxylic acids is 1. The lowest BCUT2D eigenvalue weighted by atomic mass is 10.1. The van der Waals surface area contributed by atoms with E-state index in [1.807, 2.05) is 6.92 Å². The molecule has 0 saturated carbocycles. The van der Waals surface area contributed by atoms with Crippen molar-refractivity contribution in [3.05, 3.63) is 29.6 Å². The molecule has 5 heteroatoms. The summed E-state index contributed by atoms with van der Waals surface area (Å²) in [7, 11) is 0. The molecule has 0 aliphatic carbocycles. The molecule has 104 valence electrons. The number of hydrogen-bond donors (Lipinski definition) is 1. The molecule has 1 N–H and O–H groups in total. The Morgan fingerprint density at radius 3 is 2.47 bits per heavy atom. The number of amides is 1. The lowest BCUT2D eigenvalue weighted by Gasteiger charge is -2.24. The van der Waals surface area contributed by atoms with Gasteiger partial charge >= 0.3 is 5.97 Å². The summed E-state index contributed by atoms with van der Waals surface area (Å²) < 4.78 is 0. The monoisotopic (exact) mass is 264 g/mol. The second kappa shape index (κ2) is 6.87. The van der Waals surface area contributed by atoms with Gasteiger partial charge in [-0.3, -0.25) is 9.78 Å². The highest BCUT2D eigenvalue weighted by atomic mass is 16.4. The third-order valence-corrected chi connectivity index (χ3v) is 3.13. The van der Waals surface area contributed by atoms with Crippen molar-refractivity contribution in [3.8, 4) is 0 Å². The second-order valence-electron chi connectivity index (χ2n) is 4.62. The van der Waals surface area contributed by atoms with Gasteiger partial charge in [0.25, 0.3) is 5.91 Å². The van der Waals surface area contributed by atoms with Crippen LogP contribution in [0.2, 0.25) is 0 Å². The van der Waals surface area contributed by atoms with E-state index in [9.17, 15) is 9.59 Å². The van der Waals surface area contributed by atoms with Crippen LogP contribution in [0.1, 0.15) is 47.9 Å². The van der Waals surface area contributed by atoms with Crippen molar-refractivity contribution in [3.63, 3.8) is 0 Å². The van der Waals surface area contributed by atoms with Crippen LogP contribution in [0.4, 0.5) is 0 Å². The van der Waals surface area contributed by atoms with Gasteiger partial charge in [0, 0.05) is 25.5 Å². The van der Waals surface area contributed by atoms with Gasteiger partial charge < -0.3 is 10.0 Å². The van der Waals surface area contributed by atoms with Crippen LogP contribution in [0.5, 0.6) is 0 Å². The molecule has 5 nitrogen and oxygen atoms in total. The molecule has 0 aromatic carbocycles. The van der Waals surface area contributed by atoms with E-state index in [-0.39, 0.29) is 11.5 Å². The molecular formula is C14H20N2O3. The smallest absolute Gasteiger partial charge is 0.337 e. The predicted molar refractivity (Wildman–Crippen MR) is 72.2 cm³/mol. The topological polar surface area (TPSA) is 70.5 Å². The fraction of sp³-hybridized carbons (Fsp3) is 0.500. The van der Waals surface area contributed by atoms with Gasteiger partial charge in [-0.25, -0.2) is 4.79 Å². The van der Waals surface area contributed by atoms with Crippen LogP contribution in [-0.4, -0.2) is 40.0 Å². The van der Waals surface area contributed by atoms with E-state index in [1.54, 1.807) is 4.90 Å². The number of rotatable bonds is 6. The summed E-state index contributed by atoms with van der Waals surface area (Å²) >= 11 is 0. The number of carbonyl (C=O) groups is 2. The highest BCUT2D eigenvalue weighted by Gasteiger charge is 2.17. The van der Waals surface area contributed by atoms with E-state index in [0.717, 1.165) is 6.42 Å². The first-order valence-electron chi connectivity index (χ1n) is 6.47. The molecule has 1 rings (SSSR count). The van der Waals surface area contributed by atoms with Crippen molar-refractivity contribution in [1.29, 1.82) is 0 Å². The Balaban J connectivity index is 2.91. The first kappa shape index (κ1) is 15.1. The van der Waals surface area contributed by atoms with Gasteiger partial charge in [0.2, 0.25) is 0 Å². The maximum Gasteiger partial charge on any atom is 0.337 e. The number of aromatic nitrogens is 1. The van der Waals surface area contributed by atoms with E-state index in [2.05, 4.69) is 18.8 Å². The van der Waals surface area contributed by atoms with Crippen molar-refractivity contribution in [2.24, 2.45) is 5.92 Å². The Bertz CT molecular complexity index is 460. The van der Waals surface area contributed by atoms with Crippen molar-refractivity contribution >= 4 is 11.9 Å². The quantitative estimate of drug-likeness (QED) is 0.855. The molecule has 0 fully saturated rings. The Labute approximate surface area is 113 Å². The van der Waals surface area contributed by atoms with E-state index >= 15 is 0 Å². The third-order valence-electron chi connectivity index (χ3n) is 3.13. The maximum atomic E-state index is 12.3. The van der Waals surface area contributed by atoms with Crippen LogP contribution in [0.3, 0.4) is 0 Å². The van der Waals surface area contributed by atoms with Gasteiger partial charge in [0.1, 0.15) is 0 Å². The molecule has 1 unspecified atom stereocenters. The van der Waals surface area contributed by atoms with Crippen molar-refractivity contribution < 1.29 is 14.7 Å². The lowest BCUT2D eigenvalue weighted by molar-refractivity contribution is 0.0696. The fourth-order valence-electron chi connectivity index (χ4n) is 1.72. The van der Waals surface area contributed by atoms with Crippen LogP contribution >= 0.6 is 0 Å². The molecule has 1 atom stereocenters. The molecule has 1 aromatic heterocycles. The number of hydrogen-bond acceptors (Lipinski definition) is 3. The van der Waals surface area contributed by atoms with E-state index in [4.69, 9.17) is 5.11 Å². The standard InChI is InChI=1S/C14H20N2O3/c1-4-10(3)9-16(5-2)13(17)11-6-12(14(18)19)8-15-7-11/h6-8,10H,4-5,9H2,1-3H3,(H,18,19). The van der Waals surface area contributed by atoms with Gasteiger partial charge in [-0.15, -0.1) is 0 Å². The summed E-state index contributed by atoms with van der Waals surface area (Å²) in [4.78, 5) is 28.7. The average Bonchev–Trinajstić information content (AvgIpc) is 2.43. The SMILES string of the molecule is CCC(C)CN(CC)C(=O)c1cncc(C(=O)O)c1. The van der Waals surface area contributed by atoms with Crippen LogP contribution in [-0.2, 0) is 0 Å². The highest BCUT2D eigenvalue weighted by molar-refractivity contribution is 5.97. The molecule has 1 heterocycles. The van der Waals surface area contributed by atoms with Gasteiger partial charge in [0.05, 0.1) is 11.1 Å². The largest absolute Gasteiger partial charge is 0.478 e. The highest BCUT2D eigenvalue weighted by Crippen LogP contribution is 2.10. The van der Waals surface area contributed by atoms with E-state index < -0.39 is 5.97 Å². The fourth-order valence-corrected chi connectivity index (χ4v) is 1.72. The second-order valence-corrected chi connectivity index (χ2v) is 4.62. The van der Waals surface area contributed by atoms with Crippen LogP contribution in [0.15, 0.2) is 18.5 Å². The minimum Gasteiger partial charge on any atom is -0.478 e. The van der Waals surface area contributed by atoms with Crippen LogP contribution in [0.25, 0.3) is 0 Å². The summed E-state index contributed by atoms with van der Waals surface area (Å²) in [6, 6.07) is 1.37. The summed E-state index contributed by atoms with van der Waals surface area (Å²) in [5, 5.41) is 8.91. The Morgan fingerprint density at radius 1 is 1.32 bits per heavy atom. The minimum absolute atomic E-state index is 0.0328. The van der Waals surface area contributed by atoms with Gasteiger partial charge in [-0.05, 0) is 18.9 Å². The van der Waals surface area contributed by atoms with Crippen molar-refractivity contribution in [1.82, 2.24) is 9.88 Å². The predicted octanol–water partition coefficient (Wildman–Crippen LogP) is 2.29.